The second kappa shape index (κ2) is 6.26. The van der Waals surface area contributed by atoms with Gasteiger partial charge in [-0.15, -0.1) is 0 Å². The van der Waals surface area contributed by atoms with E-state index in [1.807, 2.05) is 24.3 Å². The summed E-state index contributed by atoms with van der Waals surface area (Å²) in [5.41, 5.74) is 0.778. The molecule has 0 N–H and O–H groups in total. The first-order valence-electron chi connectivity index (χ1n) is 6.80. The van der Waals surface area contributed by atoms with Crippen LogP contribution in [0.1, 0.15) is 6.42 Å². The van der Waals surface area contributed by atoms with Crippen LogP contribution in [-0.4, -0.2) is 42.3 Å². The molecule has 0 spiro atoms. The predicted octanol–water partition coefficient (Wildman–Crippen LogP) is 1.96. The van der Waals surface area contributed by atoms with Gasteiger partial charge in [0.25, 0.3) is 5.91 Å². The number of anilines is 1. The maximum absolute atomic E-state index is 11.9. The van der Waals surface area contributed by atoms with Crippen molar-refractivity contribution in [2.24, 2.45) is 4.99 Å². The van der Waals surface area contributed by atoms with Crippen LogP contribution in [0.4, 0.5) is 5.69 Å². The van der Waals surface area contributed by atoms with E-state index in [1.54, 1.807) is 11.0 Å². The van der Waals surface area contributed by atoms with Crippen LogP contribution in [0, 0.1) is 11.3 Å². The number of aliphatic imine (C=N–C) groups is 1. The van der Waals surface area contributed by atoms with E-state index in [-0.39, 0.29) is 29.2 Å². The number of amides is 1. The van der Waals surface area contributed by atoms with Crippen molar-refractivity contribution in [2.75, 3.05) is 16.4 Å². The Labute approximate surface area is 146 Å². The monoisotopic (exact) mass is 413 g/mol. The van der Waals surface area contributed by atoms with Crippen LogP contribution in [0.3, 0.4) is 0 Å². The van der Waals surface area contributed by atoms with Crippen molar-refractivity contribution in [3.63, 3.8) is 0 Å². The molecule has 2 aliphatic heterocycles. The van der Waals surface area contributed by atoms with E-state index in [2.05, 4.69) is 20.9 Å². The minimum Gasteiger partial charge on any atom is -0.316 e. The maximum Gasteiger partial charge on any atom is 0.262 e. The number of sulfone groups is 1. The van der Waals surface area contributed by atoms with Crippen molar-refractivity contribution in [3.8, 4) is 6.07 Å². The van der Waals surface area contributed by atoms with Gasteiger partial charge in [-0.2, -0.15) is 10.3 Å². The standard InChI is InChI=1S/C14H12BrN3O3S2/c15-9-2-1-3-10(6-9)18-11-7-23(20,21)8-12(11)22-14(18)17-13(19)4-5-16/h1-3,6,11-12H,4,7-8H2/t11-,12+/m0/s1. The second-order valence-corrected chi connectivity index (χ2v) is 9.55. The van der Waals surface area contributed by atoms with Gasteiger partial charge in [0.2, 0.25) is 0 Å². The molecule has 9 heteroatoms. The number of hydrogen-bond donors (Lipinski definition) is 0. The van der Waals surface area contributed by atoms with E-state index >= 15 is 0 Å². The summed E-state index contributed by atoms with van der Waals surface area (Å²) < 4.78 is 24.7. The number of thioether (sulfide) groups is 1. The fourth-order valence-corrected chi connectivity index (χ4v) is 7.02. The maximum atomic E-state index is 11.9. The van der Waals surface area contributed by atoms with Gasteiger partial charge in [-0.05, 0) is 18.2 Å². The van der Waals surface area contributed by atoms with Gasteiger partial charge in [-0.1, -0.05) is 33.8 Å². The van der Waals surface area contributed by atoms with Crippen LogP contribution in [0.25, 0.3) is 0 Å². The lowest BCUT2D eigenvalue weighted by molar-refractivity contribution is -0.116. The van der Waals surface area contributed by atoms with Crippen molar-refractivity contribution >= 4 is 54.3 Å². The summed E-state index contributed by atoms with van der Waals surface area (Å²) >= 11 is 4.70. The quantitative estimate of drug-likeness (QED) is 0.735. The Morgan fingerprint density at radius 1 is 1.48 bits per heavy atom. The molecule has 0 unspecified atom stereocenters. The molecule has 1 amide bonds. The van der Waals surface area contributed by atoms with Crippen molar-refractivity contribution < 1.29 is 13.2 Å². The molecule has 2 fully saturated rings. The minimum atomic E-state index is -3.09. The molecule has 1 aromatic carbocycles. The summed E-state index contributed by atoms with van der Waals surface area (Å²) in [5.74, 6) is -0.390. The van der Waals surface area contributed by atoms with Crippen molar-refractivity contribution in [3.05, 3.63) is 28.7 Å². The Balaban J connectivity index is 2.01. The van der Waals surface area contributed by atoms with Gasteiger partial charge in [-0.25, -0.2) is 8.42 Å². The van der Waals surface area contributed by atoms with Gasteiger partial charge in [0, 0.05) is 15.4 Å². The van der Waals surface area contributed by atoms with Crippen LogP contribution >= 0.6 is 27.7 Å². The molecular weight excluding hydrogens is 402 g/mol. The first-order chi connectivity index (χ1) is 10.9. The van der Waals surface area contributed by atoms with Crippen molar-refractivity contribution in [1.29, 1.82) is 5.26 Å². The summed E-state index contributed by atoms with van der Waals surface area (Å²) in [5, 5.41) is 8.93. The zero-order valence-corrected chi connectivity index (χ0v) is 15.1. The summed E-state index contributed by atoms with van der Waals surface area (Å²) in [6.07, 6.45) is -0.288. The van der Waals surface area contributed by atoms with E-state index in [1.165, 1.54) is 11.8 Å². The molecule has 3 rings (SSSR count). The number of hydrogen-bond acceptors (Lipinski definition) is 5. The number of benzene rings is 1. The van der Waals surface area contributed by atoms with Crippen molar-refractivity contribution in [2.45, 2.75) is 17.7 Å². The lowest BCUT2D eigenvalue weighted by Crippen LogP contribution is -2.37. The molecule has 23 heavy (non-hydrogen) atoms. The molecule has 0 aliphatic carbocycles. The highest BCUT2D eigenvalue weighted by Crippen LogP contribution is 2.41. The smallest absolute Gasteiger partial charge is 0.262 e. The zero-order valence-electron chi connectivity index (χ0n) is 11.8. The van der Waals surface area contributed by atoms with Crippen LogP contribution in [0.15, 0.2) is 33.7 Å². The van der Waals surface area contributed by atoms with Crippen LogP contribution in [-0.2, 0) is 14.6 Å². The fraction of sp³-hybridized carbons (Fsp3) is 0.357. The average molecular weight is 414 g/mol. The first kappa shape index (κ1) is 16.5. The summed E-state index contributed by atoms with van der Waals surface area (Å²) in [7, 11) is -3.09. The summed E-state index contributed by atoms with van der Waals surface area (Å²) in [6, 6.07) is 8.96. The molecule has 2 atom stereocenters. The second-order valence-electron chi connectivity index (χ2n) is 5.27. The van der Waals surface area contributed by atoms with E-state index in [4.69, 9.17) is 5.26 Å². The SMILES string of the molecule is N#CCC(=O)N=C1S[C@@H]2CS(=O)(=O)C[C@@H]2N1c1cccc(Br)c1. The van der Waals surface area contributed by atoms with Gasteiger partial charge in [0.15, 0.2) is 15.0 Å². The summed E-state index contributed by atoms with van der Waals surface area (Å²) in [4.78, 5) is 17.5. The minimum absolute atomic E-state index is 0.0443. The highest BCUT2D eigenvalue weighted by atomic mass is 79.9. The topological polar surface area (TPSA) is 90.6 Å². The van der Waals surface area contributed by atoms with E-state index in [0.717, 1.165) is 10.2 Å². The molecule has 0 saturated carbocycles. The average Bonchev–Trinajstić information content (AvgIpc) is 2.89. The third kappa shape index (κ3) is 3.44. The molecule has 6 nitrogen and oxygen atoms in total. The molecule has 1 aromatic rings. The largest absolute Gasteiger partial charge is 0.316 e. The number of carbonyl (C=O) groups excluding carboxylic acids is 1. The highest BCUT2D eigenvalue weighted by molar-refractivity contribution is 9.10. The third-order valence-electron chi connectivity index (χ3n) is 3.60. The Bertz CT molecular complexity index is 832. The predicted molar refractivity (Wildman–Crippen MR) is 93.1 cm³/mol. The van der Waals surface area contributed by atoms with Crippen LogP contribution in [0.2, 0.25) is 0 Å². The van der Waals surface area contributed by atoms with Crippen LogP contribution < -0.4 is 4.90 Å². The summed E-state index contributed by atoms with van der Waals surface area (Å²) in [6.45, 7) is 0. The van der Waals surface area contributed by atoms with E-state index < -0.39 is 15.7 Å². The lowest BCUT2D eigenvalue weighted by Gasteiger charge is -2.24. The number of halogens is 1. The van der Waals surface area contributed by atoms with Crippen LogP contribution in [0.5, 0.6) is 0 Å². The third-order valence-corrected chi connectivity index (χ3v) is 7.31. The lowest BCUT2D eigenvalue weighted by atomic mass is 10.2. The Morgan fingerprint density at radius 2 is 2.26 bits per heavy atom. The number of carbonyl (C=O) groups is 1. The molecule has 2 saturated heterocycles. The Kier molecular flexibility index (Phi) is 4.49. The zero-order chi connectivity index (χ0) is 16.6. The molecular formula is C14H12BrN3O3S2. The fourth-order valence-electron chi connectivity index (χ4n) is 2.71. The number of nitrogens with zero attached hydrogens (tertiary/aromatic N) is 3. The Hall–Kier alpha value is -1.37. The van der Waals surface area contributed by atoms with E-state index in [0.29, 0.717) is 5.17 Å². The number of nitriles is 1. The van der Waals surface area contributed by atoms with Gasteiger partial charge in [-0.3, -0.25) is 4.79 Å². The normalized spacial score (nSPS) is 27.0. The molecule has 2 aliphatic rings. The Morgan fingerprint density at radius 3 is 2.96 bits per heavy atom. The molecule has 120 valence electrons. The highest BCUT2D eigenvalue weighted by Gasteiger charge is 2.49. The van der Waals surface area contributed by atoms with Gasteiger partial charge in [0.05, 0.1) is 23.6 Å². The number of fused-ring (bicyclic) bond motifs is 1. The number of rotatable bonds is 2. The molecule has 2 heterocycles. The molecule has 0 radical (unpaired) electrons. The van der Waals surface area contributed by atoms with Crippen molar-refractivity contribution in [1.82, 2.24) is 0 Å². The molecule has 0 aromatic heterocycles. The van der Waals surface area contributed by atoms with E-state index in [9.17, 15) is 13.2 Å². The molecule has 0 bridgehead atoms. The van der Waals surface area contributed by atoms with Gasteiger partial charge >= 0.3 is 0 Å². The first-order valence-corrected chi connectivity index (χ1v) is 10.3. The van der Waals surface area contributed by atoms with Gasteiger partial charge in [0.1, 0.15) is 6.42 Å². The van der Waals surface area contributed by atoms with Gasteiger partial charge < -0.3 is 4.90 Å². The number of amidine groups is 1.